The van der Waals surface area contributed by atoms with E-state index in [0.29, 0.717) is 6.42 Å². The summed E-state index contributed by atoms with van der Waals surface area (Å²) in [5.41, 5.74) is 2.19. The number of rotatable bonds is 1. The molecule has 1 aliphatic rings. The molecule has 1 aliphatic heterocycles. The third-order valence-corrected chi connectivity index (χ3v) is 2.31. The van der Waals surface area contributed by atoms with Crippen LogP contribution in [0.2, 0.25) is 0 Å². The Kier molecular flexibility index (Phi) is 1.77. The second kappa shape index (κ2) is 2.79. The van der Waals surface area contributed by atoms with E-state index in [1.165, 1.54) is 0 Å². The lowest BCUT2D eigenvalue weighted by molar-refractivity contribution is -0.112. The van der Waals surface area contributed by atoms with Gasteiger partial charge < -0.3 is 5.32 Å². The molecule has 1 aromatic carbocycles. The second-order valence-corrected chi connectivity index (χ2v) is 3.23. The summed E-state index contributed by atoms with van der Waals surface area (Å²) in [4.78, 5) is 10.8. The van der Waals surface area contributed by atoms with E-state index in [1.807, 2.05) is 24.3 Å². The zero-order chi connectivity index (χ0) is 8.55. The van der Waals surface area contributed by atoms with E-state index >= 15 is 0 Å². The number of benzene rings is 1. The molecule has 3 heteroatoms. The lowest BCUT2D eigenvalue weighted by Crippen LogP contribution is -2.22. The van der Waals surface area contributed by atoms with Gasteiger partial charge >= 0.3 is 0 Å². The number of hydrogen-bond donors (Lipinski definition) is 1. The molecule has 0 saturated heterocycles. The minimum Gasteiger partial charge on any atom is -0.374 e. The highest BCUT2D eigenvalue weighted by molar-refractivity contribution is 6.65. The smallest absolute Gasteiger partial charge is 0.244 e. The first-order valence-corrected chi connectivity index (χ1v) is 4.19. The SMILES string of the molecule is O=C(Cl)C1Cc2ccccc2N1. The van der Waals surface area contributed by atoms with Gasteiger partial charge in [-0.3, -0.25) is 4.79 Å². The predicted octanol–water partition coefficient (Wildman–Crippen LogP) is 1.79. The van der Waals surface area contributed by atoms with E-state index < -0.39 is 0 Å². The maximum absolute atomic E-state index is 10.8. The average molecular weight is 182 g/mol. The number of nitrogens with one attached hydrogen (secondary N) is 1. The fourth-order valence-electron chi connectivity index (χ4n) is 1.43. The number of halogens is 1. The van der Waals surface area contributed by atoms with Crippen molar-refractivity contribution in [2.45, 2.75) is 12.5 Å². The molecule has 1 aromatic rings. The van der Waals surface area contributed by atoms with Gasteiger partial charge in [-0.2, -0.15) is 0 Å². The van der Waals surface area contributed by atoms with Crippen LogP contribution in [-0.4, -0.2) is 11.3 Å². The second-order valence-electron chi connectivity index (χ2n) is 2.86. The topological polar surface area (TPSA) is 29.1 Å². The van der Waals surface area contributed by atoms with Gasteiger partial charge in [0.05, 0.1) is 0 Å². The summed E-state index contributed by atoms with van der Waals surface area (Å²) in [5.74, 6) is 0. The number of anilines is 1. The third-order valence-electron chi connectivity index (χ3n) is 2.05. The molecule has 1 unspecified atom stereocenters. The first-order valence-electron chi connectivity index (χ1n) is 3.81. The highest BCUT2D eigenvalue weighted by atomic mass is 35.5. The fraction of sp³-hybridized carbons (Fsp3) is 0.222. The number of carbonyl (C=O) groups excluding carboxylic acids is 1. The van der Waals surface area contributed by atoms with Crippen molar-refractivity contribution in [3.05, 3.63) is 29.8 Å². The monoisotopic (exact) mass is 181 g/mol. The van der Waals surface area contributed by atoms with E-state index in [0.717, 1.165) is 11.3 Å². The van der Waals surface area contributed by atoms with Gasteiger partial charge in [0.1, 0.15) is 6.04 Å². The summed E-state index contributed by atoms with van der Waals surface area (Å²) >= 11 is 5.37. The Morgan fingerprint density at radius 2 is 2.25 bits per heavy atom. The summed E-state index contributed by atoms with van der Waals surface area (Å²) < 4.78 is 0. The highest BCUT2D eigenvalue weighted by Gasteiger charge is 2.24. The molecule has 0 fully saturated rings. The molecule has 0 spiro atoms. The summed E-state index contributed by atoms with van der Waals surface area (Å²) in [6.07, 6.45) is 0.707. The van der Waals surface area contributed by atoms with Crippen LogP contribution in [0.5, 0.6) is 0 Å². The van der Waals surface area contributed by atoms with Crippen molar-refractivity contribution >= 4 is 22.5 Å². The maximum atomic E-state index is 10.8. The van der Waals surface area contributed by atoms with Crippen LogP contribution >= 0.6 is 11.6 Å². The van der Waals surface area contributed by atoms with Crippen LogP contribution in [0.1, 0.15) is 5.56 Å². The van der Waals surface area contributed by atoms with E-state index in [4.69, 9.17) is 11.6 Å². The minimum atomic E-state index is -0.314. The Morgan fingerprint density at radius 1 is 1.50 bits per heavy atom. The van der Waals surface area contributed by atoms with Crippen molar-refractivity contribution in [1.82, 2.24) is 0 Å². The van der Waals surface area contributed by atoms with Crippen molar-refractivity contribution in [3.8, 4) is 0 Å². The van der Waals surface area contributed by atoms with E-state index in [9.17, 15) is 4.79 Å². The highest BCUT2D eigenvalue weighted by Crippen LogP contribution is 2.25. The Morgan fingerprint density at radius 3 is 2.92 bits per heavy atom. The van der Waals surface area contributed by atoms with Gasteiger partial charge in [-0.15, -0.1) is 0 Å². The maximum Gasteiger partial charge on any atom is 0.244 e. The van der Waals surface area contributed by atoms with Gasteiger partial charge in [0.25, 0.3) is 0 Å². The van der Waals surface area contributed by atoms with Gasteiger partial charge in [-0.1, -0.05) is 18.2 Å². The summed E-state index contributed by atoms with van der Waals surface area (Å²) in [5, 5.41) is 2.74. The molecule has 0 aliphatic carbocycles. The molecule has 2 nitrogen and oxygen atoms in total. The van der Waals surface area contributed by atoms with Crippen LogP contribution in [0, 0.1) is 0 Å². The fourth-order valence-corrected chi connectivity index (χ4v) is 1.57. The molecule has 0 bridgehead atoms. The average Bonchev–Trinajstić information content (AvgIpc) is 2.46. The largest absolute Gasteiger partial charge is 0.374 e. The molecule has 0 radical (unpaired) electrons. The van der Waals surface area contributed by atoms with Gasteiger partial charge in [0.2, 0.25) is 5.24 Å². The molecule has 0 saturated carbocycles. The number of carbonyl (C=O) groups is 1. The van der Waals surface area contributed by atoms with Crippen molar-refractivity contribution in [2.24, 2.45) is 0 Å². The Labute approximate surface area is 75.5 Å². The lowest BCUT2D eigenvalue weighted by Gasteiger charge is -2.02. The molecule has 1 heterocycles. The molecule has 62 valence electrons. The molecule has 1 N–H and O–H groups in total. The van der Waals surface area contributed by atoms with E-state index in [2.05, 4.69) is 5.32 Å². The predicted molar refractivity (Wildman–Crippen MR) is 48.4 cm³/mol. The van der Waals surface area contributed by atoms with Crippen LogP contribution in [0.3, 0.4) is 0 Å². The Balaban J connectivity index is 2.27. The van der Waals surface area contributed by atoms with Crippen molar-refractivity contribution in [3.63, 3.8) is 0 Å². The Bertz CT molecular complexity index is 299. The molecule has 0 aromatic heterocycles. The first-order chi connectivity index (χ1) is 5.77. The van der Waals surface area contributed by atoms with E-state index in [1.54, 1.807) is 0 Å². The zero-order valence-corrected chi connectivity index (χ0v) is 7.14. The standard InChI is InChI=1S/C9H8ClNO/c10-9(12)8-5-6-3-1-2-4-7(6)11-8/h1-4,8,11H,5H2. The van der Waals surface area contributed by atoms with Crippen molar-refractivity contribution in [2.75, 3.05) is 5.32 Å². The van der Waals surface area contributed by atoms with Crippen LogP contribution in [0.25, 0.3) is 0 Å². The van der Waals surface area contributed by atoms with Gasteiger partial charge in [0, 0.05) is 12.1 Å². The number of para-hydroxylation sites is 1. The molecule has 2 rings (SSSR count). The van der Waals surface area contributed by atoms with Crippen LogP contribution in [0.15, 0.2) is 24.3 Å². The molecule has 12 heavy (non-hydrogen) atoms. The quantitative estimate of drug-likeness (QED) is 0.670. The zero-order valence-electron chi connectivity index (χ0n) is 6.38. The van der Waals surface area contributed by atoms with Crippen molar-refractivity contribution in [1.29, 1.82) is 0 Å². The van der Waals surface area contributed by atoms with Crippen molar-refractivity contribution < 1.29 is 4.79 Å². The van der Waals surface area contributed by atoms with E-state index in [-0.39, 0.29) is 11.3 Å². The normalized spacial score (nSPS) is 19.9. The number of fused-ring (bicyclic) bond motifs is 1. The molecular weight excluding hydrogens is 174 g/mol. The molecular formula is C9H8ClNO. The molecule has 1 atom stereocenters. The third kappa shape index (κ3) is 1.18. The Hall–Kier alpha value is -1.02. The lowest BCUT2D eigenvalue weighted by atomic mass is 10.1. The van der Waals surface area contributed by atoms with Crippen LogP contribution in [0.4, 0.5) is 5.69 Å². The van der Waals surface area contributed by atoms with Crippen LogP contribution < -0.4 is 5.32 Å². The van der Waals surface area contributed by atoms with Gasteiger partial charge in [-0.05, 0) is 23.2 Å². The summed E-state index contributed by atoms with van der Waals surface area (Å²) in [6, 6.07) is 7.62. The van der Waals surface area contributed by atoms with Gasteiger partial charge in [0.15, 0.2) is 0 Å². The summed E-state index contributed by atoms with van der Waals surface area (Å²) in [7, 11) is 0. The first kappa shape index (κ1) is 7.62. The van der Waals surface area contributed by atoms with Crippen LogP contribution in [-0.2, 0) is 11.2 Å². The van der Waals surface area contributed by atoms with Gasteiger partial charge in [-0.25, -0.2) is 0 Å². The molecule has 0 amide bonds. The minimum absolute atomic E-state index is 0.232. The number of hydrogen-bond acceptors (Lipinski definition) is 2. The summed E-state index contributed by atoms with van der Waals surface area (Å²) in [6.45, 7) is 0.